The van der Waals surface area contributed by atoms with Gasteiger partial charge in [-0.1, -0.05) is 32.6 Å². The number of hydrogen-bond donors (Lipinski definition) is 2. The van der Waals surface area contributed by atoms with Crippen LogP contribution in [0.25, 0.3) is 0 Å². The standard InChI is InChI=1S/C15H19NO3/c1-4-12(9-13(17)18)5-6-15(19,11(2)3)14(10-16)7-8-14/h9,11,19H,4,7-8H2,1-3H3,(H,17,18)/b12-9-/t15-/m0/s1. The first-order chi connectivity index (χ1) is 8.81. The van der Waals surface area contributed by atoms with Crippen LogP contribution in [0.15, 0.2) is 11.6 Å². The van der Waals surface area contributed by atoms with Gasteiger partial charge in [0.25, 0.3) is 0 Å². The summed E-state index contributed by atoms with van der Waals surface area (Å²) in [6.45, 7) is 5.44. The lowest BCUT2D eigenvalue weighted by atomic mass is 9.77. The number of rotatable bonds is 4. The predicted octanol–water partition coefficient (Wildman–Crippen LogP) is 2.10. The van der Waals surface area contributed by atoms with E-state index in [1.165, 1.54) is 0 Å². The summed E-state index contributed by atoms with van der Waals surface area (Å²) in [5.74, 6) is 4.24. The Morgan fingerprint density at radius 1 is 1.53 bits per heavy atom. The summed E-state index contributed by atoms with van der Waals surface area (Å²) < 4.78 is 0. The summed E-state index contributed by atoms with van der Waals surface area (Å²) in [6.07, 6.45) is 2.79. The number of hydrogen-bond acceptors (Lipinski definition) is 3. The zero-order valence-electron chi connectivity index (χ0n) is 11.5. The van der Waals surface area contributed by atoms with E-state index in [1.54, 1.807) is 6.92 Å². The molecule has 4 heteroatoms. The summed E-state index contributed by atoms with van der Waals surface area (Å²) in [5.41, 5.74) is -1.73. The summed E-state index contributed by atoms with van der Waals surface area (Å²) in [4.78, 5) is 10.6. The molecule has 0 aromatic carbocycles. The zero-order chi connectivity index (χ0) is 14.7. The first-order valence-corrected chi connectivity index (χ1v) is 6.41. The maximum absolute atomic E-state index is 10.7. The van der Waals surface area contributed by atoms with Gasteiger partial charge < -0.3 is 10.2 Å². The van der Waals surface area contributed by atoms with Crippen molar-refractivity contribution in [3.63, 3.8) is 0 Å². The molecule has 0 unspecified atom stereocenters. The molecule has 0 aliphatic heterocycles. The Balaban J connectivity index is 3.13. The van der Waals surface area contributed by atoms with Crippen molar-refractivity contribution < 1.29 is 15.0 Å². The van der Waals surface area contributed by atoms with E-state index in [4.69, 9.17) is 5.11 Å². The Morgan fingerprint density at radius 2 is 2.11 bits per heavy atom. The first-order valence-electron chi connectivity index (χ1n) is 6.41. The summed E-state index contributed by atoms with van der Waals surface area (Å²) in [7, 11) is 0. The van der Waals surface area contributed by atoms with E-state index >= 15 is 0 Å². The molecule has 1 atom stereocenters. The smallest absolute Gasteiger partial charge is 0.329 e. The lowest BCUT2D eigenvalue weighted by Crippen LogP contribution is -2.42. The molecular formula is C15H19NO3. The number of aliphatic carboxylic acids is 1. The molecule has 0 saturated heterocycles. The van der Waals surface area contributed by atoms with Crippen molar-refractivity contribution >= 4 is 5.97 Å². The molecule has 0 radical (unpaired) electrons. The fourth-order valence-electron chi connectivity index (χ4n) is 2.07. The van der Waals surface area contributed by atoms with Gasteiger partial charge >= 0.3 is 5.97 Å². The highest BCUT2D eigenvalue weighted by molar-refractivity contribution is 5.81. The lowest BCUT2D eigenvalue weighted by Gasteiger charge is -2.31. The normalized spacial score (nSPS) is 19.9. The van der Waals surface area contributed by atoms with Gasteiger partial charge in [0.05, 0.1) is 11.5 Å². The van der Waals surface area contributed by atoms with Gasteiger partial charge in [-0.15, -0.1) is 0 Å². The van der Waals surface area contributed by atoms with Gasteiger partial charge in [0.1, 0.15) is 5.60 Å². The third kappa shape index (κ3) is 2.97. The predicted molar refractivity (Wildman–Crippen MR) is 70.9 cm³/mol. The summed E-state index contributed by atoms with van der Waals surface area (Å²) >= 11 is 0. The van der Waals surface area contributed by atoms with Crippen molar-refractivity contribution in [2.75, 3.05) is 0 Å². The van der Waals surface area contributed by atoms with Gasteiger partial charge in [-0.25, -0.2) is 4.79 Å². The Labute approximate surface area is 113 Å². The Bertz CT molecular complexity index is 498. The van der Waals surface area contributed by atoms with E-state index in [2.05, 4.69) is 17.9 Å². The molecule has 4 nitrogen and oxygen atoms in total. The third-order valence-corrected chi connectivity index (χ3v) is 3.62. The van der Waals surface area contributed by atoms with Crippen LogP contribution in [0.3, 0.4) is 0 Å². The first kappa shape index (κ1) is 15.3. The number of carbonyl (C=O) groups is 1. The van der Waals surface area contributed by atoms with Gasteiger partial charge in [0.15, 0.2) is 0 Å². The average molecular weight is 261 g/mol. The highest BCUT2D eigenvalue weighted by Gasteiger charge is 2.60. The minimum absolute atomic E-state index is 0.190. The molecule has 1 fully saturated rings. The number of carboxylic acids is 1. The molecule has 0 amide bonds. The van der Waals surface area contributed by atoms with Crippen molar-refractivity contribution in [3.8, 4) is 17.9 Å². The van der Waals surface area contributed by atoms with E-state index in [0.717, 1.165) is 6.08 Å². The van der Waals surface area contributed by atoms with E-state index in [1.807, 2.05) is 13.8 Å². The molecule has 1 aliphatic rings. The van der Waals surface area contributed by atoms with Crippen molar-refractivity contribution in [2.24, 2.45) is 11.3 Å². The summed E-state index contributed by atoms with van der Waals surface area (Å²) in [6, 6.07) is 2.17. The van der Waals surface area contributed by atoms with Crippen molar-refractivity contribution in [1.29, 1.82) is 5.26 Å². The topological polar surface area (TPSA) is 81.3 Å². The fourth-order valence-corrected chi connectivity index (χ4v) is 2.07. The zero-order valence-corrected chi connectivity index (χ0v) is 11.5. The number of nitriles is 1. The minimum atomic E-state index is -1.38. The van der Waals surface area contributed by atoms with Gasteiger partial charge in [-0.2, -0.15) is 5.26 Å². The van der Waals surface area contributed by atoms with Crippen molar-refractivity contribution in [2.45, 2.75) is 45.6 Å². The molecule has 1 aliphatic carbocycles. The number of aliphatic hydroxyl groups is 1. The van der Waals surface area contributed by atoms with Crippen LogP contribution in [-0.4, -0.2) is 21.8 Å². The van der Waals surface area contributed by atoms with E-state index in [0.29, 0.717) is 24.8 Å². The second-order valence-electron chi connectivity index (χ2n) is 5.23. The second-order valence-corrected chi connectivity index (χ2v) is 5.23. The van der Waals surface area contributed by atoms with Gasteiger partial charge in [-0.05, 0) is 25.2 Å². The third-order valence-electron chi connectivity index (χ3n) is 3.62. The van der Waals surface area contributed by atoms with Crippen LogP contribution in [0.5, 0.6) is 0 Å². The quantitative estimate of drug-likeness (QED) is 0.600. The molecule has 2 N–H and O–H groups in total. The molecular weight excluding hydrogens is 242 g/mol. The van der Waals surface area contributed by atoms with Gasteiger partial charge in [0.2, 0.25) is 0 Å². The molecule has 0 bridgehead atoms. The van der Waals surface area contributed by atoms with Crippen LogP contribution in [0.1, 0.15) is 40.0 Å². The van der Waals surface area contributed by atoms with Crippen LogP contribution in [0, 0.1) is 34.5 Å². The maximum Gasteiger partial charge on any atom is 0.329 e. The molecule has 19 heavy (non-hydrogen) atoms. The molecule has 0 aromatic rings. The molecule has 0 spiro atoms. The SMILES string of the molecule is CC/C(C#C[C@](O)(C(C)C)C1(C#N)CC1)=C/C(=O)O. The van der Waals surface area contributed by atoms with Crippen LogP contribution in [0.4, 0.5) is 0 Å². The maximum atomic E-state index is 10.7. The fraction of sp³-hybridized carbons (Fsp3) is 0.600. The van der Waals surface area contributed by atoms with Crippen LogP contribution in [-0.2, 0) is 4.79 Å². The highest BCUT2D eigenvalue weighted by Crippen LogP contribution is 2.56. The monoisotopic (exact) mass is 261 g/mol. The van der Waals surface area contributed by atoms with E-state index in [9.17, 15) is 15.2 Å². The average Bonchev–Trinajstić information content (AvgIpc) is 3.14. The molecule has 0 aromatic heterocycles. The van der Waals surface area contributed by atoms with Crippen LogP contribution in [0.2, 0.25) is 0 Å². The minimum Gasteiger partial charge on any atom is -0.478 e. The Hall–Kier alpha value is -1.78. The number of allylic oxidation sites excluding steroid dienone is 1. The number of nitrogens with zero attached hydrogens (tertiary/aromatic N) is 1. The highest BCUT2D eigenvalue weighted by atomic mass is 16.4. The second kappa shape index (κ2) is 5.47. The Morgan fingerprint density at radius 3 is 2.42 bits per heavy atom. The van der Waals surface area contributed by atoms with Gasteiger partial charge in [-0.3, -0.25) is 0 Å². The molecule has 1 rings (SSSR count). The van der Waals surface area contributed by atoms with Crippen molar-refractivity contribution in [1.82, 2.24) is 0 Å². The van der Waals surface area contributed by atoms with E-state index in [-0.39, 0.29) is 5.92 Å². The largest absolute Gasteiger partial charge is 0.478 e. The van der Waals surface area contributed by atoms with E-state index < -0.39 is 17.0 Å². The molecule has 0 heterocycles. The van der Waals surface area contributed by atoms with Gasteiger partial charge in [0, 0.05) is 11.6 Å². The Kier molecular flexibility index (Phi) is 4.39. The molecule has 102 valence electrons. The van der Waals surface area contributed by atoms with Crippen LogP contribution < -0.4 is 0 Å². The van der Waals surface area contributed by atoms with Crippen LogP contribution >= 0.6 is 0 Å². The number of carboxylic acid groups (broad SMARTS) is 1. The molecule has 1 saturated carbocycles. The summed E-state index contributed by atoms with van der Waals surface area (Å²) in [5, 5.41) is 28.6. The lowest BCUT2D eigenvalue weighted by molar-refractivity contribution is -0.131. The van der Waals surface area contributed by atoms with Crippen molar-refractivity contribution in [3.05, 3.63) is 11.6 Å².